The summed E-state index contributed by atoms with van der Waals surface area (Å²) in [5.41, 5.74) is 1.89. The maximum Gasteiger partial charge on any atom is 0.156 e. The van der Waals surface area contributed by atoms with Crippen molar-refractivity contribution in [3.63, 3.8) is 0 Å². The standard InChI is InChI=1S/C9H14N4SSi/c1-14-9-7-8(10-5-11-9)13(6-12-7)15(2,3)4/h5-6H,1-4H3. The third-order valence-electron chi connectivity index (χ3n) is 2.22. The molecule has 0 atom stereocenters. The first kappa shape index (κ1) is 10.6. The summed E-state index contributed by atoms with van der Waals surface area (Å²) in [4.78, 5) is 12.9. The van der Waals surface area contributed by atoms with Gasteiger partial charge >= 0.3 is 0 Å². The Hall–Kier alpha value is -0.883. The van der Waals surface area contributed by atoms with Crippen molar-refractivity contribution in [3.05, 3.63) is 12.7 Å². The van der Waals surface area contributed by atoms with Crippen LogP contribution in [0.15, 0.2) is 17.7 Å². The third kappa shape index (κ3) is 1.79. The second kappa shape index (κ2) is 3.60. The van der Waals surface area contributed by atoms with E-state index in [4.69, 9.17) is 0 Å². The van der Waals surface area contributed by atoms with Gasteiger partial charge in [0.2, 0.25) is 0 Å². The summed E-state index contributed by atoms with van der Waals surface area (Å²) >= 11 is 1.61. The van der Waals surface area contributed by atoms with Gasteiger partial charge in [-0.1, -0.05) is 19.6 Å². The molecule has 0 aliphatic rings. The summed E-state index contributed by atoms with van der Waals surface area (Å²) in [7, 11) is -1.43. The van der Waals surface area contributed by atoms with Crippen LogP contribution in [0, 0.1) is 0 Å². The van der Waals surface area contributed by atoms with Gasteiger partial charge in [-0.15, -0.1) is 11.8 Å². The van der Waals surface area contributed by atoms with Crippen molar-refractivity contribution in [2.45, 2.75) is 24.7 Å². The maximum atomic E-state index is 4.41. The molecule has 0 aliphatic heterocycles. The van der Waals surface area contributed by atoms with E-state index in [1.165, 1.54) is 0 Å². The predicted octanol–water partition coefficient (Wildman–Crippen LogP) is 2.23. The Morgan fingerprint density at radius 1 is 1.20 bits per heavy atom. The van der Waals surface area contributed by atoms with Crippen LogP contribution >= 0.6 is 11.8 Å². The molecule has 0 saturated heterocycles. The minimum absolute atomic E-state index is 0.924. The Morgan fingerprint density at radius 3 is 2.53 bits per heavy atom. The quantitative estimate of drug-likeness (QED) is 0.457. The Kier molecular flexibility index (Phi) is 2.55. The number of imidazole rings is 1. The molecule has 2 aromatic rings. The molecule has 2 aromatic heterocycles. The van der Waals surface area contributed by atoms with Crippen LogP contribution in [0.4, 0.5) is 0 Å². The van der Waals surface area contributed by atoms with Crippen molar-refractivity contribution in [2.24, 2.45) is 0 Å². The van der Waals surface area contributed by atoms with Crippen molar-refractivity contribution in [2.75, 3.05) is 6.26 Å². The molecule has 0 aliphatic carbocycles. The monoisotopic (exact) mass is 238 g/mol. The summed E-state index contributed by atoms with van der Waals surface area (Å²) in [6.07, 6.45) is 5.52. The fraction of sp³-hybridized carbons (Fsp3) is 0.444. The smallest absolute Gasteiger partial charge is 0.156 e. The van der Waals surface area contributed by atoms with Crippen LogP contribution in [0.3, 0.4) is 0 Å². The van der Waals surface area contributed by atoms with Gasteiger partial charge in [-0.3, -0.25) is 0 Å². The summed E-state index contributed by atoms with van der Waals surface area (Å²) in [6, 6.07) is 0. The Morgan fingerprint density at radius 2 is 1.93 bits per heavy atom. The normalized spacial score (nSPS) is 12.3. The van der Waals surface area contributed by atoms with Crippen LogP contribution in [-0.4, -0.2) is 33.7 Å². The van der Waals surface area contributed by atoms with Gasteiger partial charge in [0.1, 0.15) is 16.9 Å². The van der Waals surface area contributed by atoms with Crippen molar-refractivity contribution in [1.29, 1.82) is 0 Å². The molecular weight excluding hydrogens is 224 g/mol. The molecule has 0 amide bonds. The lowest BCUT2D eigenvalue weighted by Gasteiger charge is -2.17. The van der Waals surface area contributed by atoms with E-state index in [0.29, 0.717) is 0 Å². The second-order valence-electron chi connectivity index (χ2n) is 4.34. The van der Waals surface area contributed by atoms with Crippen LogP contribution in [-0.2, 0) is 0 Å². The highest BCUT2D eigenvalue weighted by Gasteiger charge is 2.20. The molecule has 0 saturated carbocycles. The first-order valence-corrected chi connectivity index (χ1v) is 9.44. The van der Waals surface area contributed by atoms with Gasteiger partial charge in [0.05, 0.1) is 6.33 Å². The minimum atomic E-state index is -1.43. The van der Waals surface area contributed by atoms with E-state index in [-0.39, 0.29) is 0 Å². The van der Waals surface area contributed by atoms with E-state index < -0.39 is 8.24 Å². The van der Waals surface area contributed by atoms with E-state index in [1.54, 1.807) is 18.1 Å². The molecular formula is C9H14N4SSi. The van der Waals surface area contributed by atoms with Gasteiger partial charge in [-0.2, -0.15) is 0 Å². The molecule has 0 fully saturated rings. The van der Waals surface area contributed by atoms with E-state index in [2.05, 4.69) is 38.8 Å². The average molecular weight is 238 g/mol. The number of rotatable bonds is 2. The molecule has 0 unspecified atom stereocenters. The summed E-state index contributed by atoms with van der Waals surface area (Å²) in [5, 5.41) is 0.956. The highest BCUT2D eigenvalue weighted by Crippen LogP contribution is 2.22. The predicted molar refractivity (Wildman–Crippen MR) is 65.8 cm³/mol. The first-order chi connectivity index (χ1) is 7.04. The van der Waals surface area contributed by atoms with Gasteiger partial charge < -0.3 is 4.23 Å². The van der Waals surface area contributed by atoms with Gasteiger partial charge in [0, 0.05) is 0 Å². The maximum absolute atomic E-state index is 4.41. The molecule has 0 N–H and O–H groups in total. The number of fused-ring (bicyclic) bond motifs is 1. The van der Waals surface area contributed by atoms with Crippen LogP contribution in [0.2, 0.25) is 19.6 Å². The van der Waals surface area contributed by atoms with Crippen molar-refractivity contribution < 1.29 is 0 Å². The Labute approximate surface area is 94.2 Å². The van der Waals surface area contributed by atoms with E-state index in [1.807, 2.05) is 12.6 Å². The van der Waals surface area contributed by atoms with E-state index in [9.17, 15) is 0 Å². The van der Waals surface area contributed by atoms with Crippen LogP contribution in [0.1, 0.15) is 0 Å². The largest absolute Gasteiger partial charge is 0.344 e. The fourth-order valence-corrected chi connectivity index (χ4v) is 3.15. The van der Waals surface area contributed by atoms with Crippen LogP contribution in [0.5, 0.6) is 0 Å². The molecule has 2 rings (SSSR count). The van der Waals surface area contributed by atoms with Crippen LogP contribution < -0.4 is 0 Å². The van der Waals surface area contributed by atoms with Crippen molar-refractivity contribution in [1.82, 2.24) is 19.2 Å². The second-order valence-corrected chi connectivity index (χ2v) is 9.96. The lowest BCUT2D eigenvalue weighted by atomic mass is 10.6. The summed E-state index contributed by atoms with van der Waals surface area (Å²) in [5.74, 6) is 0. The number of hydrogen-bond acceptors (Lipinski definition) is 4. The lowest BCUT2D eigenvalue weighted by Crippen LogP contribution is -2.31. The van der Waals surface area contributed by atoms with Crippen molar-refractivity contribution >= 4 is 31.2 Å². The van der Waals surface area contributed by atoms with E-state index >= 15 is 0 Å². The minimum Gasteiger partial charge on any atom is -0.344 e. The average Bonchev–Trinajstić information content (AvgIpc) is 2.59. The molecule has 2 heterocycles. The van der Waals surface area contributed by atoms with Gasteiger partial charge in [-0.05, 0) is 6.26 Å². The summed E-state index contributed by atoms with van der Waals surface area (Å²) < 4.78 is 2.21. The fourth-order valence-electron chi connectivity index (χ4n) is 1.45. The van der Waals surface area contributed by atoms with Crippen molar-refractivity contribution in [3.8, 4) is 0 Å². The molecule has 15 heavy (non-hydrogen) atoms. The Bertz CT molecular complexity index is 488. The highest BCUT2D eigenvalue weighted by atomic mass is 32.2. The molecule has 0 bridgehead atoms. The first-order valence-electron chi connectivity index (χ1n) is 4.76. The van der Waals surface area contributed by atoms with Gasteiger partial charge in [-0.25, -0.2) is 15.0 Å². The molecule has 0 radical (unpaired) electrons. The zero-order valence-electron chi connectivity index (χ0n) is 9.35. The van der Waals surface area contributed by atoms with Gasteiger partial charge in [0.15, 0.2) is 13.9 Å². The van der Waals surface area contributed by atoms with E-state index in [0.717, 1.165) is 16.2 Å². The molecule has 80 valence electrons. The zero-order chi connectivity index (χ0) is 11.1. The molecule has 6 heteroatoms. The molecule has 0 aromatic carbocycles. The molecule has 4 nitrogen and oxygen atoms in total. The lowest BCUT2D eigenvalue weighted by molar-refractivity contribution is 1.07. The topological polar surface area (TPSA) is 43.6 Å². The highest BCUT2D eigenvalue weighted by molar-refractivity contribution is 7.98. The number of nitrogens with zero attached hydrogens (tertiary/aromatic N) is 4. The molecule has 0 spiro atoms. The van der Waals surface area contributed by atoms with Gasteiger partial charge in [0.25, 0.3) is 0 Å². The number of thioether (sulfide) groups is 1. The zero-order valence-corrected chi connectivity index (χ0v) is 11.2. The number of hydrogen-bond donors (Lipinski definition) is 0. The van der Waals surface area contributed by atoms with Crippen LogP contribution in [0.25, 0.3) is 11.2 Å². The summed E-state index contributed by atoms with van der Waals surface area (Å²) in [6.45, 7) is 6.82. The third-order valence-corrected chi connectivity index (χ3v) is 4.67. The SMILES string of the molecule is CSc1ncnc2c1ncn2[Si](C)(C)C. The number of aromatic nitrogens is 4. The Balaban J connectivity index is 2.72.